The van der Waals surface area contributed by atoms with Gasteiger partial charge < -0.3 is 19.9 Å². The molecule has 0 unspecified atom stereocenters. The first kappa shape index (κ1) is 20.9. The predicted octanol–water partition coefficient (Wildman–Crippen LogP) is 4.00. The Labute approximate surface area is 189 Å². The van der Waals surface area contributed by atoms with Crippen molar-refractivity contribution in [1.82, 2.24) is 9.55 Å². The minimum atomic E-state index is -1.31. The molecule has 5 rings (SSSR count). The first-order valence-corrected chi connectivity index (χ1v) is 10.8. The highest BCUT2D eigenvalue weighted by Gasteiger charge is 2.28. The number of aromatic carboxylic acids is 1. The van der Waals surface area contributed by atoms with Gasteiger partial charge in [-0.3, -0.25) is 9.78 Å². The van der Waals surface area contributed by atoms with Crippen LogP contribution in [-0.4, -0.2) is 39.8 Å². The van der Waals surface area contributed by atoms with Crippen molar-refractivity contribution in [3.63, 3.8) is 0 Å². The minimum Gasteiger partial charge on any atom is -0.477 e. The maximum atomic E-state index is 15.7. The van der Waals surface area contributed by atoms with Gasteiger partial charge in [0, 0.05) is 43.4 Å². The van der Waals surface area contributed by atoms with E-state index in [-0.39, 0.29) is 22.5 Å². The SMILES string of the molecule is Cn1cc(C(=O)O)c(=O)c2c3ccc(N4CCC[C@H]4CNc4ccccc4)c(F)c3ncc21. The molecule has 2 N–H and O–H groups in total. The third-order valence-electron chi connectivity index (χ3n) is 6.34. The highest BCUT2D eigenvalue weighted by atomic mass is 19.1. The van der Waals surface area contributed by atoms with Gasteiger partial charge in [-0.1, -0.05) is 18.2 Å². The number of rotatable bonds is 5. The number of carboxylic acid groups (broad SMARTS) is 1. The molecule has 1 atom stereocenters. The van der Waals surface area contributed by atoms with Gasteiger partial charge in [-0.05, 0) is 37.1 Å². The van der Waals surface area contributed by atoms with Crippen molar-refractivity contribution < 1.29 is 14.3 Å². The van der Waals surface area contributed by atoms with Gasteiger partial charge in [0.25, 0.3) is 0 Å². The fourth-order valence-corrected chi connectivity index (χ4v) is 4.70. The van der Waals surface area contributed by atoms with Crippen molar-refractivity contribution in [2.75, 3.05) is 23.3 Å². The number of anilines is 2. The number of aromatic nitrogens is 2. The van der Waals surface area contributed by atoms with Crippen molar-refractivity contribution in [3.05, 3.63) is 76.5 Å². The van der Waals surface area contributed by atoms with E-state index < -0.39 is 17.2 Å². The van der Waals surface area contributed by atoms with E-state index in [1.54, 1.807) is 19.2 Å². The molecule has 2 aromatic heterocycles. The Morgan fingerprint density at radius 1 is 1.24 bits per heavy atom. The zero-order valence-electron chi connectivity index (χ0n) is 18.1. The van der Waals surface area contributed by atoms with Crippen LogP contribution < -0.4 is 15.6 Å². The van der Waals surface area contributed by atoms with Gasteiger partial charge in [0.05, 0.1) is 22.8 Å². The summed E-state index contributed by atoms with van der Waals surface area (Å²) >= 11 is 0. The lowest BCUT2D eigenvalue weighted by molar-refractivity contribution is 0.0695. The second-order valence-corrected chi connectivity index (χ2v) is 8.34. The molecule has 168 valence electrons. The van der Waals surface area contributed by atoms with Gasteiger partial charge in [0.15, 0.2) is 5.82 Å². The van der Waals surface area contributed by atoms with E-state index in [1.807, 2.05) is 35.2 Å². The number of nitrogens with zero attached hydrogens (tertiary/aromatic N) is 3. The molecule has 0 aliphatic carbocycles. The van der Waals surface area contributed by atoms with Crippen LogP contribution in [0.2, 0.25) is 0 Å². The van der Waals surface area contributed by atoms with Gasteiger partial charge in [0.2, 0.25) is 5.43 Å². The van der Waals surface area contributed by atoms with E-state index in [4.69, 9.17) is 0 Å². The van der Waals surface area contributed by atoms with E-state index in [0.717, 1.165) is 25.1 Å². The third-order valence-corrected chi connectivity index (χ3v) is 6.34. The molecule has 0 spiro atoms. The van der Waals surface area contributed by atoms with Gasteiger partial charge in [0.1, 0.15) is 11.1 Å². The van der Waals surface area contributed by atoms with Crippen LogP contribution in [0.1, 0.15) is 23.2 Å². The van der Waals surface area contributed by atoms with Crippen molar-refractivity contribution in [3.8, 4) is 0 Å². The van der Waals surface area contributed by atoms with E-state index >= 15 is 4.39 Å². The summed E-state index contributed by atoms with van der Waals surface area (Å²) in [6.45, 7) is 1.40. The predicted molar refractivity (Wildman–Crippen MR) is 127 cm³/mol. The van der Waals surface area contributed by atoms with E-state index in [9.17, 15) is 14.7 Å². The Balaban J connectivity index is 1.57. The Morgan fingerprint density at radius 2 is 2.03 bits per heavy atom. The molecule has 0 bridgehead atoms. The Bertz CT molecular complexity index is 1440. The smallest absolute Gasteiger partial charge is 0.341 e. The maximum absolute atomic E-state index is 15.7. The summed E-state index contributed by atoms with van der Waals surface area (Å²) < 4.78 is 17.3. The monoisotopic (exact) mass is 446 g/mol. The van der Waals surface area contributed by atoms with Crippen molar-refractivity contribution in [2.45, 2.75) is 18.9 Å². The molecule has 8 heteroatoms. The van der Waals surface area contributed by atoms with Crippen LogP contribution in [0.4, 0.5) is 15.8 Å². The summed E-state index contributed by atoms with van der Waals surface area (Å²) in [5.41, 5.74) is 0.992. The number of hydrogen-bond acceptors (Lipinski definition) is 5. The van der Waals surface area contributed by atoms with Crippen LogP contribution in [0.3, 0.4) is 0 Å². The lowest BCUT2D eigenvalue weighted by atomic mass is 10.1. The summed E-state index contributed by atoms with van der Waals surface area (Å²) in [5, 5.41) is 13.3. The van der Waals surface area contributed by atoms with Crippen molar-refractivity contribution >= 4 is 39.1 Å². The van der Waals surface area contributed by atoms with Gasteiger partial charge in [-0.15, -0.1) is 0 Å². The quantitative estimate of drug-likeness (QED) is 0.451. The topological polar surface area (TPSA) is 87.5 Å². The number of fused-ring (bicyclic) bond motifs is 3. The number of halogens is 1. The molecule has 1 fully saturated rings. The maximum Gasteiger partial charge on any atom is 0.341 e. The van der Waals surface area contributed by atoms with Crippen LogP contribution in [-0.2, 0) is 7.05 Å². The van der Waals surface area contributed by atoms with Crippen LogP contribution in [0.25, 0.3) is 21.8 Å². The van der Waals surface area contributed by atoms with Gasteiger partial charge in [-0.25, -0.2) is 9.18 Å². The summed E-state index contributed by atoms with van der Waals surface area (Å²) in [7, 11) is 1.64. The second kappa shape index (κ2) is 8.20. The normalized spacial score (nSPS) is 15.9. The minimum absolute atomic E-state index is 0.0707. The number of benzene rings is 2. The fourth-order valence-electron chi connectivity index (χ4n) is 4.70. The Kier molecular flexibility index (Phi) is 5.20. The molecule has 4 aromatic rings. The van der Waals surface area contributed by atoms with Crippen molar-refractivity contribution in [2.24, 2.45) is 7.05 Å². The number of aryl methyl sites for hydroxylation is 1. The van der Waals surface area contributed by atoms with Crippen LogP contribution in [0.15, 0.2) is 59.7 Å². The average Bonchev–Trinajstić information content (AvgIpc) is 3.28. The molecule has 0 saturated carbocycles. The summed E-state index contributed by atoms with van der Waals surface area (Å²) in [6, 6.07) is 13.3. The lowest BCUT2D eigenvalue weighted by Crippen LogP contribution is -2.35. The molecule has 7 nitrogen and oxygen atoms in total. The second-order valence-electron chi connectivity index (χ2n) is 8.34. The van der Waals surface area contributed by atoms with Gasteiger partial charge in [-0.2, -0.15) is 0 Å². The Morgan fingerprint density at radius 3 is 2.79 bits per heavy atom. The van der Waals surface area contributed by atoms with Crippen LogP contribution in [0, 0.1) is 5.82 Å². The number of carbonyl (C=O) groups is 1. The molecule has 1 aliphatic heterocycles. The largest absolute Gasteiger partial charge is 0.477 e. The highest BCUT2D eigenvalue weighted by molar-refractivity contribution is 6.07. The molecule has 33 heavy (non-hydrogen) atoms. The van der Waals surface area contributed by atoms with Crippen LogP contribution in [0.5, 0.6) is 0 Å². The first-order chi connectivity index (χ1) is 16.0. The standard InChI is InChI=1S/C25H23FN4O3/c1-29-14-18(25(32)33)24(31)21-17-9-10-19(22(26)23(17)28-13-20(21)29)30-11-5-8-16(30)12-27-15-6-3-2-4-7-15/h2-4,6-7,9-10,13-14,16,27H,5,8,11-12H2,1H3,(H,32,33)/t16-/m0/s1. The number of pyridine rings is 2. The van der Waals surface area contributed by atoms with E-state index in [1.165, 1.54) is 17.0 Å². The zero-order valence-corrected chi connectivity index (χ0v) is 18.1. The number of carboxylic acids is 1. The molecule has 1 aliphatic rings. The molecule has 1 saturated heterocycles. The number of nitrogens with one attached hydrogen (secondary N) is 1. The zero-order chi connectivity index (χ0) is 23.1. The molecule has 2 aromatic carbocycles. The molecular formula is C25H23FN4O3. The fraction of sp³-hybridized carbons (Fsp3) is 0.240. The molecule has 0 radical (unpaired) electrons. The summed E-state index contributed by atoms with van der Waals surface area (Å²) in [4.78, 5) is 30.8. The average molecular weight is 446 g/mol. The van der Waals surface area contributed by atoms with Gasteiger partial charge >= 0.3 is 5.97 Å². The third kappa shape index (κ3) is 3.57. The number of para-hydroxylation sites is 1. The van der Waals surface area contributed by atoms with E-state index in [2.05, 4.69) is 10.3 Å². The molecule has 3 heterocycles. The Hall–Kier alpha value is -3.94. The van der Waals surface area contributed by atoms with E-state index in [0.29, 0.717) is 23.1 Å². The first-order valence-electron chi connectivity index (χ1n) is 10.8. The molecular weight excluding hydrogens is 423 g/mol. The summed E-state index contributed by atoms with van der Waals surface area (Å²) in [5.74, 6) is -1.81. The lowest BCUT2D eigenvalue weighted by Gasteiger charge is -2.28. The van der Waals surface area contributed by atoms with Crippen molar-refractivity contribution in [1.29, 1.82) is 0 Å². The summed E-state index contributed by atoms with van der Waals surface area (Å²) in [6.07, 6.45) is 4.58. The number of hydrogen-bond donors (Lipinski definition) is 2. The van der Waals surface area contributed by atoms with Crippen LogP contribution >= 0.6 is 0 Å². The molecule has 0 amide bonds. The highest BCUT2D eigenvalue weighted by Crippen LogP contribution is 2.33.